The van der Waals surface area contributed by atoms with Crippen molar-refractivity contribution in [2.75, 3.05) is 0 Å². The van der Waals surface area contributed by atoms with Gasteiger partial charge in [-0.3, -0.25) is 0 Å². The van der Waals surface area contributed by atoms with Gasteiger partial charge in [0.15, 0.2) is 12.4 Å². The number of benzene rings is 2. The molecule has 3 rings (SSSR count). The van der Waals surface area contributed by atoms with Gasteiger partial charge in [0.05, 0.1) is 5.92 Å². The van der Waals surface area contributed by atoms with Crippen LogP contribution in [-0.4, -0.2) is 12.4 Å². The topological polar surface area (TPSA) is 24.7 Å². The minimum Gasteiger partial charge on any atom is -0.0965 e. The van der Waals surface area contributed by atoms with Crippen molar-refractivity contribution in [2.45, 2.75) is 58.3 Å². The normalized spacial score (nSPS) is 14.1. The van der Waals surface area contributed by atoms with Crippen LogP contribution in [0, 0.1) is 18.0 Å². The summed E-state index contributed by atoms with van der Waals surface area (Å²) in [4.78, 5) is 9.25. The Labute approximate surface area is 170 Å². The molecule has 0 radical (unpaired) electrons. The second kappa shape index (κ2) is 11.5. The van der Waals surface area contributed by atoms with Crippen LogP contribution in [0.25, 0.3) is 0 Å². The average molecular weight is 374 g/mol. The number of nitrogens with zero attached hydrogens (tertiary/aromatic N) is 2. The van der Waals surface area contributed by atoms with Gasteiger partial charge in [0, 0.05) is 0 Å². The molecule has 2 aromatic rings. The van der Waals surface area contributed by atoms with Gasteiger partial charge in [-0.2, -0.15) is 0 Å². The van der Waals surface area contributed by atoms with Gasteiger partial charge in [0.2, 0.25) is 6.17 Å². The minimum atomic E-state index is 0.414. The zero-order valence-electron chi connectivity index (χ0n) is 17.1. The van der Waals surface area contributed by atoms with Crippen LogP contribution in [-0.2, 0) is 12.8 Å². The second-order valence-electron chi connectivity index (χ2n) is 7.86. The zero-order chi connectivity index (χ0) is 19.4. The maximum atomic E-state index is 4.62. The highest BCUT2D eigenvalue weighted by molar-refractivity contribution is 6.18. The minimum absolute atomic E-state index is 0.414. The molecule has 2 aromatic carbocycles. The lowest BCUT2D eigenvalue weighted by atomic mass is 9.78. The molecule has 1 aliphatic heterocycles. The first-order chi connectivity index (χ1) is 13.9. The van der Waals surface area contributed by atoms with Gasteiger partial charge in [0.1, 0.15) is 0 Å². The monoisotopic (exact) mass is 373 g/mol. The third-order valence-electron chi connectivity index (χ3n) is 5.68. The molecular weight excluding hydrogens is 340 g/mol. The molecule has 1 heterocycles. The van der Waals surface area contributed by atoms with Gasteiger partial charge in [-0.15, -0.1) is 0 Å². The summed E-state index contributed by atoms with van der Waals surface area (Å²) in [7, 11) is 0. The fraction of sp³-hybridized carbons (Fsp3) is 0.423. The lowest BCUT2D eigenvalue weighted by Gasteiger charge is -2.26. The summed E-state index contributed by atoms with van der Waals surface area (Å²) in [5.41, 5.74) is 2.82. The van der Waals surface area contributed by atoms with Crippen molar-refractivity contribution in [3.8, 4) is 0 Å². The number of aliphatic imine (C=N–C) groups is 2. The zero-order valence-corrected chi connectivity index (χ0v) is 17.1. The largest absolute Gasteiger partial charge is 0.244 e. The van der Waals surface area contributed by atoms with Crippen molar-refractivity contribution in [2.24, 2.45) is 21.8 Å². The van der Waals surface area contributed by atoms with E-state index in [9.17, 15) is 0 Å². The predicted molar refractivity (Wildman–Crippen MR) is 121 cm³/mol. The van der Waals surface area contributed by atoms with Crippen molar-refractivity contribution in [3.05, 3.63) is 78.0 Å². The van der Waals surface area contributed by atoms with Gasteiger partial charge in [-0.05, 0) is 36.3 Å². The second-order valence-corrected chi connectivity index (χ2v) is 7.86. The highest BCUT2D eigenvalue weighted by atomic mass is 15.0. The van der Waals surface area contributed by atoms with Crippen molar-refractivity contribution in [3.63, 3.8) is 0 Å². The lowest BCUT2D eigenvalue weighted by Crippen LogP contribution is -2.24. The highest BCUT2D eigenvalue weighted by Gasteiger charge is 2.35. The smallest absolute Gasteiger partial charge is 0.0965 e. The maximum absolute atomic E-state index is 4.62. The molecule has 0 bridgehead atoms. The Morgan fingerprint density at radius 1 is 0.714 bits per heavy atom. The van der Waals surface area contributed by atoms with E-state index < -0.39 is 0 Å². The summed E-state index contributed by atoms with van der Waals surface area (Å²) < 4.78 is 0. The fourth-order valence-electron chi connectivity index (χ4n) is 4.18. The number of hydrogen-bond donors (Lipinski definition) is 0. The molecule has 28 heavy (non-hydrogen) atoms. The number of rotatable bonds is 12. The Morgan fingerprint density at radius 3 is 1.79 bits per heavy atom. The Kier molecular flexibility index (Phi) is 8.36. The van der Waals surface area contributed by atoms with Crippen LogP contribution in [0.1, 0.15) is 56.6 Å². The van der Waals surface area contributed by atoms with Gasteiger partial charge in [-0.25, -0.2) is 0 Å². The molecule has 1 atom stereocenters. The van der Waals surface area contributed by atoms with Crippen LogP contribution in [0.15, 0.2) is 70.6 Å². The molecule has 1 aliphatic rings. The first-order valence-electron chi connectivity index (χ1n) is 10.9. The van der Waals surface area contributed by atoms with E-state index in [-0.39, 0.29) is 0 Å². The summed E-state index contributed by atoms with van der Waals surface area (Å²) in [6.45, 7) is 2.27. The van der Waals surface area contributed by atoms with Gasteiger partial charge in [-0.1, -0.05) is 110 Å². The molecule has 0 N–H and O–H groups in total. The molecule has 2 heteroatoms. The van der Waals surface area contributed by atoms with E-state index in [1.807, 2.05) is 12.4 Å². The third-order valence-corrected chi connectivity index (χ3v) is 5.68. The molecule has 0 saturated heterocycles. The average Bonchev–Trinajstić information content (AvgIpc) is 3.26. The van der Waals surface area contributed by atoms with Crippen molar-refractivity contribution >= 4 is 12.4 Å². The summed E-state index contributed by atoms with van der Waals surface area (Å²) in [6, 6.07) is 21.8. The van der Waals surface area contributed by atoms with Crippen LogP contribution in [0.4, 0.5) is 0 Å². The SMILES string of the molecule is CCCCCCCC([C+]1N=CC=N1)C(Cc1ccccc1)Cc1ccccc1. The van der Waals surface area contributed by atoms with Crippen LogP contribution in [0.3, 0.4) is 0 Å². The molecule has 0 fully saturated rings. The van der Waals surface area contributed by atoms with E-state index in [1.54, 1.807) is 0 Å². The Hall–Kier alpha value is -2.35. The molecule has 0 aliphatic carbocycles. The fourth-order valence-corrected chi connectivity index (χ4v) is 4.18. The molecule has 0 saturated carbocycles. The summed E-state index contributed by atoms with van der Waals surface area (Å²) in [5.74, 6) is 0.926. The van der Waals surface area contributed by atoms with Crippen LogP contribution in [0.2, 0.25) is 0 Å². The van der Waals surface area contributed by atoms with Gasteiger partial charge in [0.25, 0.3) is 0 Å². The molecule has 0 amide bonds. The van der Waals surface area contributed by atoms with Crippen molar-refractivity contribution in [1.29, 1.82) is 0 Å². The van der Waals surface area contributed by atoms with Crippen LogP contribution >= 0.6 is 0 Å². The maximum Gasteiger partial charge on any atom is 0.244 e. The van der Waals surface area contributed by atoms with Crippen LogP contribution < -0.4 is 0 Å². The Bertz CT molecular complexity index is 667. The molecule has 0 aromatic heterocycles. The standard InChI is InChI=1S/C26H33N2/c1-2-3-4-5-12-17-25(26-27-18-19-28-26)24(20-22-13-8-6-9-14-22)21-23-15-10-7-11-16-23/h6-11,13-16,18-19,24-25H,2-5,12,17,20-21H2,1H3/q+1. The van der Waals surface area contributed by atoms with Gasteiger partial charge < -0.3 is 0 Å². The first-order valence-corrected chi connectivity index (χ1v) is 10.9. The lowest BCUT2D eigenvalue weighted by molar-refractivity contribution is 0.306. The van der Waals surface area contributed by atoms with Crippen molar-refractivity contribution < 1.29 is 0 Å². The van der Waals surface area contributed by atoms with E-state index in [4.69, 9.17) is 0 Å². The Balaban J connectivity index is 1.75. The van der Waals surface area contributed by atoms with Crippen LogP contribution in [0.5, 0.6) is 0 Å². The first kappa shape index (κ1) is 20.4. The van der Waals surface area contributed by atoms with E-state index in [0.29, 0.717) is 11.8 Å². The highest BCUT2D eigenvalue weighted by Crippen LogP contribution is 2.36. The molecular formula is C26H33N2+. The van der Waals surface area contributed by atoms with E-state index in [0.717, 1.165) is 19.0 Å². The summed E-state index contributed by atoms with van der Waals surface area (Å²) in [6.07, 6.45) is 14.6. The van der Waals surface area contributed by atoms with E-state index >= 15 is 0 Å². The van der Waals surface area contributed by atoms with Gasteiger partial charge >= 0.3 is 0 Å². The molecule has 146 valence electrons. The Morgan fingerprint density at radius 2 is 1.25 bits per heavy atom. The quantitative estimate of drug-likeness (QED) is 0.292. The molecule has 1 unspecified atom stereocenters. The number of unbranched alkanes of at least 4 members (excludes halogenated alkanes) is 4. The number of hydrogen-bond acceptors (Lipinski definition) is 2. The molecule has 2 nitrogen and oxygen atoms in total. The van der Waals surface area contributed by atoms with E-state index in [2.05, 4.69) is 77.6 Å². The summed E-state index contributed by atoms with van der Waals surface area (Å²) in [5, 5.41) is 0. The predicted octanol–water partition coefficient (Wildman–Crippen LogP) is 6.71. The molecule has 0 spiro atoms. The summed E-state index contributed by atoms with van der Waals surface area (Å²) >= 11 is 0. The van der Waals surface area contributed by atoms with E-state index in [1.165, 1.54) is 49.7 Å². The third kappa shape index (κ3) is 6.37. The van der Waals surface area contributed by atoms with Crippen molar-refractivity contribution in [1.82, 2.24) is 0 Å².